The van der Waals surface area contributed by atoms with Gasteiger partial charge in [0.1, 0.15) is 0 Å². The minimum absolute atomic E-state index is 0.0876. The molecule has 0 aliphatic carbocycles. The van der Waals surface area contributed by atoms with Crippen LogP contribution in [-0.4, -0.2) is 18.3 Å². The summed E-state index contributed by atoms with van der Waals surface area (Å²) in [6.07, 6.45) is 0.263. The molecule has 1 aromatic carbocycles. The van der Waals surface area contributed by atoms with Gasteiger partial charge in [-0.2, -0.15) is 0 Å². The average Bonchev–Trinajstić information content (AvgIpc) is 2.26. The van der Waals surface area contributed by atoms with Crippen molar-refractivity contribution in [1.29, 1.82) is 0 Å². The SMILES string of the molecule is Cc1cc[c]([Zr]([O]C(C)C)([O]C(C)C)[O]C(C)C)cc1. The fourth-order valence-corrected chi connectivity index (χ4v) is 9.38. The van der Waals surface area contributed by atoms with E-state index in [0.717, 1.165) is 3.27 Å². The van der Waals surface area contributed by atoms with Crippen LogP contribution >= 0.6 is 0 Å². The molecule has 0 bridgehead atoms. The monoisotopic (exact) mass is 358 g/mol. The molecule has 0 aliphatic heterocycles. The van der Waals surface area contributed by atoms with Gasteiger partial charge in [0.15, 0.2) is 0 Å². The van der Waals surface area contributed by atoms with E-state index in [0.29, 0.717) is 0 Å². The van der Waals surface area contributed by atoms with Crippen molar-refractivity contribution in [1.82, 2.24) is 0 Å². The maximum atomic E-state index is 6.25. The number of rotatable bonds is 7. The second-order valence-corrected chi connectivity index (χ2v) is 11.8. The Morgan fingerprint density at radius 3 is 1.35 bits per heavy atom. The summed E-state index contributed by atoms with van der Waals surface area (Å²) in [4.78, 5) is 0. The predicted molar refractivity (Wildman–Crippen MR) is 79.5 cm³/mol. The second kappa shape index (κ2) is 7.84. The van der Waals surface area contributed by atoms with Gasteiger partial charge in [0, 0.05) is 0 Å². The zero-order chi connectivity index (χ0) is 15.3. The Labute approximate surface area is 129 Å². The average molecular weight is 360 g/mol. The van der Waals surface area contributed by atoms with Gasteiger partial charge in [0.05, 0.1) is 0 Å². The molecule has 0 unspecified atom stereocenters. The summed E-state index contributed by atoms with van der Waals surface area (Å²) in [5.41, 5.74) is 1.23. The van der Waals surface area contributed by atoms with Gasteiger partial charge < -0.3 is 0 Å². The number of hydrogen-bond donors (Lipinski definition) is 0. The van der Waals surface area contributed by atoms with Crippen molar-refractivity contribution in [3.63, 3.8) is 0 Å². The van der Waals surface area contributed by atoms with Gasteiger partial charge in [-0.15, -0.1) is 0 Å². The van der Waals surface area contributed by atoms with Crippen LogP contribution in [0.2, 0.25) is 0 Å². The normalized spacial score (nSPS) is 12.7. The third kappa shape index (κ3) is 5.40. The van der Waals surface area contributed by atoms with E-state index in [1.807, 2.05) is 41.5 Å². The van der Waals surface area contributed by atoms with Gasteiger partial charge in [-0.1, -0.05) is 0 Å². The summed E-state index contributed by atoms with van der Waals surface area (Å²) in [7, 11) is 0. The standard InChI is InChI=1S/C7H7.3C3H7O.Zr/c1-7-5-3-2-4-6-7;3*1-3(2)4;/h3-6H,1H3;3*3H,1-2H3;/q;3*-1;+3. The zero-order valence-corrected chi connectivity index (χ0v) is 16.2. The molecule has 0 aromatic heterocycles. The molecule has 0 heterocycles. The molecule has 0 amide bonds. The van der Waals surface area contributed by atoms with Gasteiger partial charge in [-0.3, -0.25) is 0 Å². The van der Waals surface area contributed by atoms with Crippen LogP contribution in [-0.2, 0) is 30.0 Å². The molecule has 0 saturated carbocycles. The van der Waals surface area contributed by atoms with Crippen LogP contribution < -0.4 is 3.27 Å². The van der Waals surface area contributed by atoms with Gasteiger partial charge in [0.25, 0.3) is 0 Å². The van der Waals surface area contributed by atoms with Gasteiger partial charge in [0.2, 0.25) is 0 Å². The number of hydrogen-bond acceptors (Lipinski definition) is 3. The number of aryl methyl sites for hydroxylation is 1. The summed E-state index contributed by atoms with van der Waals surface area (Å²) in [6.45, 7) is 14.3. The molecular formula is C16H28O3Zr. The third-order valence-corrected chi connectivity index (χ3v) is 10.9. The molecule has 0 spiro atoms. The molecule has 114 valence electrons. The Balaban J connectivity index is 3.22. The van der Waals surface area contributed by atoms with Crippen LogP contribution in [0.4, 0.5) is 0 Å². The van der Waals surface area contributed by atoms with Crippen molar-refractivity contribution >= 4 is 3.27 Å². The van der Waals surface area contributed by atoms with Gasteiger partial charge in [-0.25, -0.2) is 0 Å². The minimum atomic E-state index is -3.77. The third-order valence-electron chi connectivity index (χ3n) is 2.58. The van der Waals surface area contributed by atoms with Crippen LogP contribution in [0.3, 0.4) is 0 Å². The summed E-state index contributed by atoms with van der Waals surface area (Å²) in [5, 5.41) is 0. The fourth-order valence-electron chi connectivity index (χ4n) is 1.98. The first-order chi connectivity index (χ1) is 9.25. The van der Waals surface area contributed by atoms with Gasteiger partial charge in [-0.05, 0) is 0 Å². The van der Waals surface area contributed by atoms with Crippen molar-refractivity contribution in [3.05, 3.63) is 29.8 Å². The van der Waals surface area contributed by atoms with E-state index in [1.54, 1.807) is 0 Å². The summed E-state index contributed by atoms with van der Waals surface area (Å²) in [5.74, 6) is 0. The molecule has 0 saturated heterocycles. The second-order valence-electron chi connectivity index (χ2n) is 5.92. The van der Waals surface area contributed by atoms with E-state index in [4.69, 9.17) is 8.44 Å². The topological polar surface area (TPSA) is 27.7 Å². The molecule has 1 rings (SSSR count). The molecule has 0 atom stereocenters. The predicted octanol–water partition coefficient (Wildman–Crippen LogP) is 3.79. The first-order valence-electron chi connectivity index (χ1n) is 7.35. The van der Waals surface area contributed by atoms with E-state index in [-0.39, 0.29) is 18.3 Å². The first kappa shape index (κ1) is 18.0. The Hall–Kier alpha value is -0.0169. The van der Waals surface area contributed by atoms with Crippen LogP contribution in [0.25, 0.3) is 0 Å². The Kier molecular flexibility index (Phi) is 7.07. The van der Waals surface area contributed by atoms with Crippen molar-refractivity contribution in [2.24, 2.45) is 0 Å². The van der Waals surface area contributed by atoms with Crippen LogP contribution in [0.1, 0.15) is 47.1 Å². The quantitative estimate of drug-likeness (QED) is 0.741. The molecule has 0 radical (unpaired) electrons. The van der Waals surface area contributed by atoms with E-state index in [9.17, 15) is 0 Å². The Morgan fingerprint density at radius 1 is 0.700 bits per heavy atom. The van der Waals surface area contributed by atoms with Crippen molar-refractivity contribution in [2.75, 3.05) is 0 Å². The summed E-state index contributed by atoms with van der Waals surface area (Å²) in [6, 6.07) is 8.38. The van der Waals surface area contributed by atoms with E-state index in [1.165, 1.54) is 5.56 Å². The Morgan fingerprint density at radius 2 is 1.05 bits per heavy atom. The molecule has 4 heteroatoms. The Bertz CT molecular complexity index is 372. The number of benzene rings is 1. The molecule has 20 heavy (non-hydrogen) atoms. The van der Waals surface area contributed by atoms with Crippen LogP contribution in [0, 0.1) is 6.92 Å². The molecule has 0 N–H and O–H groups in total. The molecule has 3 nitrogen and oxygen atoms in total. The summed E-state index contributed by atoms with van der Waals surface area (Å²) < 4.78 is 19.9. The summed E-state index contributed by atoms with van der Waals surface area (Å²) >= 11 is -3.77. The van der Waals surface area contributed by atoms with E-state index in [2.05, 4.69) is 31.2 Å². The molecule has 1 aromatic rings. The van der Waals surface area contributed by atoms with E-state index >= 15 is 0 Å². The van der Waals surface area contributed by atoms with Crippen molar-refractivity contribution < 1.29 is 30.0 Å². The van der Waals surface area contributed by atoms with Crippen molar-refractivity contribution in [2.45, 2.75) is 66.8 Å². The molecular weight excluding hydrogens is 331 g/mol. The fraction of sp³-hybridized carbons (Fsp3) is 0.625. The molecule has 0 fully saturated rings. The van der Waals surface area contributed by atoms with Crippen LogP contribution in [0.5, 0.6) is 0 Å². The zero-order valence-electron chi connectivity index (χ0n) is 13.8. The van der Waals surface area contributed by atoms with Crippen LogP contribution in [0.15, 0.2) is 24.3 Å². The maximum absolute atomic E-state index is 6.25. The first-order valence-corrected chi connectivity index (χ1v) is 11.6. The van der Waals surface area contributed by atoms with Crippen molar-refractivity contribution in [3.8, 4) is 0 Å². The van der Waals surface area contributed by atoms with E-state index < -0.39 is 21.6 Å². The molecule has 0 aliphatic rings. The van der Waals surface area contributed by atoms with Gasteiger partial charge >= 0.3 is 130 Å².